The molecule has 2 aromatic rings. The van der Waals surface area contributed by atoms with Crippen molar-refractivity contribution in [1.82, 2.24) is 0 Å². The number of hydrogen-bond acceptors (Lipinski definition) is 3. The average molecular weight is 327 g/mol. The number of hydrogen-bond donors (Lipinski definition) is 2. The third-order valence-corrected chi connectivity index (χ3v) is 3.69. The van der Waals surface area contributed by atoms with E-state index in [9.17, 15) is 9.59 Å². The van der Waals surface area contributed by atoms with Gasteiger partial charge in [-0.1, -0.05) is 31.2 Å². The number of benzene rings is 2. The largest absolute Gasteiger partial charge is 0.496 e. The Morgan fingerprint density at radius 2 is 1.92 bits per heavy atom. The van der Waals surface area contributed by atoms with Gasteiger partial charge in [-0.25, -0.2) is 4.79 Å². The second-order valence-electron chi connectivity index (χ2n) is 5.76. The molecule has 2 rings (SSSR count). The summed E-state index contributed by atoms with van der Waals surface area (Å²) in [6.45, 7) is 2.00. The van der Waals surface area contributed by atoms with Crippen molar-refractivity contribution in [3.8, 4) is 5.75 Å². The highest BCUT2D eigenvalue weighted by Crippen LogP contribution is 2.22. The molecule has 0 spiro atoms. The minimum Gasteiger partial charge on any atom is -0.496 e. The first-order valence-corrected chi connectivity index (χ1v) is 7.74. The van der Waals surface area contributed by atoms with E-state index < -0.39 is 5.97 Å². The van der Waals surface area contributed by atoms with Crippen LogP contribution in [0.3, 0.4) is 0 Å². The van der Waals surface area contributed by atoms with Crippen molar-refractivity contribution in [1.29, 1.82) is 0 Å². The zero-order valence-electron chi connectivity index (χ0n) is 13.8. The lowest BCUT2D eigenvalue weighted by molar-refractivity contribution is -0.116. The lowest BCUT2D eigenvalue weighted by Gasteiger charge is -2.14. The van der Waals surface area contributed by atoms with Crippen molar-refractivity contribution in [3.63, 3.8) is 0 Å². The van der Waals surface area contributed by atoms with Crippen molar-refractivity contribution in [2.75, 3.05) is 12.4 Å². The van der Waals surface area contributed by atoms with E-state index in [1.54, 1.807) is 19.2 Å². The number of ether oxygens (including phenoxy) is 1. The van der Waals surface area contributed by atoms with Crippen LogP contribution >= 0.6 is 0 Å². The Balaban J connectivity index is 1.94. The molecule has 1 amide bonds. The van der Waals surface area contributed by atoms with Crippen LogP contribution in [0, 0.1) is 5.92 Å². The molecule has 0 bridgehead atoms. The number of aromatic carboxylic acids is 1. The molecular formula is C19H21NO4. The topological polar surface area (TPSA) is 75.6 Å². The molecular weight excluding hydrogens is 306 g/mol. The molecule has 5 heteroatoms. The second kappa shape index (κ2) is 8.15. The zero-order chi connectivity index (χ0) is 17.5. The van der Waals surface area contributed by atoms with E-state index in [2.05, 4.69) is 5.32 Å². The summed E-state index contributed by atoms with van der Waals surface area (Å²) in [6, 6.07) is 14.0. The van der Waals surface area contributed by atoms with Gasteiger partial charge in [0.05, 0.1) is 12.7 Å². The fourth-order valence-electron chi connectivity index (χ4n) is 2.58. The number of carboxylic acids is 1. The van der Waals surface area contributed by atoms with Gasteiger partial charge in [-0.05, 0) is 42.2 Å². The molecule has 5 nitrogen and oxygen atoms in total. The molecule has 0 saturated carbocycles. The SMILES string of the molecule is COc1ccccc1CC(C)CC(=O)Nc1cccc(C(=O)O)c1. The number of nitrogens with one attached hydrogen (secondary N) is 1. The van der Waals surface area contributed by atoms with Crippen LogP contribution < -0.4 is 10.1 Å². The van der Waals surface area contributed by atoms with Gasteiger partial charge in [-0.3, -0.25) is 4.79 Å². The molecule has 126 valence electrons. The summed E-state index contributed by atoms with van der Waals surface area (Å²) < 4.78 is 5.33. The summed E-state index contributed by atoms with van der Waals surface area (Å²) in [5.74, 6) is -0.210. The molecule has 0 aliphatic heterocycles. The molecule has 0 saturated heterocycles. The first-order valence-electron chi connectivity index (χ1n) is 7.74. The third kappa shape index (κ3) is 4.84. The van der Waals surface area contributed by atoms with Gasteiger partial charge in [-0.2, -0.15) is 0 Å². The van der Waals surface area contributed by atoms with Gasteiger partial charge < -0.3 is 15.2 Å². The number of carbonyl (C=O) groups excluding carboxylic acids is 1. The van der Waals surface area contributed by atoms with Crippen molar-refractivity contribution >= 4 is 17.6 Å². The van der Waals surface area contributed by atoms with Crippen LogP contribution in [0.4, 0.5) is 5.69 Å². The van der Waals surface area contributed by atoms with E-state index in [4.69, 9.17) is 9.84 Å². The minimum absolute atomic E-state index is 0.129. The van der Waals surface area contributed by atoms with Gasteiger partial charge in [-0.15, -0.1) is 0 Å². The highest BCUT2D eigenvalue weighted by Gasteiger charge is 2.13. The van der Waals surface area contributed by atoms with E-state index in [-0.39, 0.29) is 17.4 Å². The Morgan fingerprint density at radius 3 is 2.62 bits per heavy atom. The number of rotatable bonds is 7. The van der Waals surface area contributed by atoms with Crippen LogP contribution in [0.25, 0.3) is 0 Å². The molecule has 0 radical (unpaired) electrons. The van der Waals surface area contributed by atoms with Crippen LogP contribution in [-0.4, -0.2) is 24.1 Å². The predicted octanol–water partition coefficient (Wildman–Crippen LogP) is 3.60. The van der Waals surface area contributed by atoms with Gasteiger partial charge >= 0.3 is 5.97 Å². The molecule has 24 heavy (non-hydrogen) atoms. The van der Waals surface area contributed by atoms with E-state index in [1.165, 1.54) is 12.1 Å². The fourth-order valence-corrected chi connectivity index (χ4v) is 2.58. The van der Waals surface area contributed by atoms with Crippen molar-refractivity contribution in [2.45, 2.75) is 19.8 Å². The quantitative estimate of drug-likeness (QED) is 0.815. The lowest BCUT2D eigenvalue weighted by atomic mass is 9.97. The van der Waals surface area contributed by atoms with Gasteiger partial charge in [0.15, 0.2) is 0 Å². The number of carbonyl (C=O) groups is 2. The highest BCUT2D eigenvalue weighted by atomic mass is 16.5. The Hall–Kier alpha value is -2.82. The molecule has 0 aromatic heterocycles. The van der Waals surface area contributed by atoms with Crippen LogP contribution in [0.15, 0.2) is 48.5 Å². The standard InChI is InChI=1S/C19H21NO4/c1-13(10-14-6-3-4-9-17(14)24-2)11-18(21)20-16-8-5-7-15(12-16)19(22)23/h3-9,12-13H,10-11H2,1-2H3,(H,20,21)(H,22,23). The van der Waals surface area contributed by atoms with Crippen molar-refractivity contribution < 1.29 is 19.4 Å². The summed E-state index contributed by atoms with van der Waals surface area (Å²) in [5.41, 5.74) is 1.70. The molecule has 0 aliphatic rings. The van der Waals surface area contributed by atoms with Gasteiger partial charge in [0.25, 0.3) is 0 Å². The van der Waals surface area contributed by atoms with E-state index >= 15 is 0 Å². The first-order chi connectivity index (χ1) is 11.5. The smallest absolute Gasteiger partial charge is 0.335 e. The Bertz CT molecular complexity index is 727. The Kier molecular flexibility index (Phi) is 5.95. The summed E-state index contributed by atoms with van der Waals surface area (Å²) in [4.78, 5) is 23.1. The minimum atomic E-state index is -1.02. The summed E-state index contributed by atoms with van der Waals surface area (Å²) in [7, 11) is 1.63. The molecule has 0 heterocycles. The highest BCUT2D eigenvalue weighted by molar-refractivity contribution is 5.93. The fraction of sp³-hybridized carbons (Fsp3) is 0.263. The summed E-state index contributed by atoms with van der Waals surface area (Å²) in [6.07, 6.45) is 1.07. The molecule has 1 atom stereocenters. The van der Waals surface area contributed by atoms with Crippen molar-refractivity contribution in [3.05, 3.63) is 59.7 Å². The Labute approximate surface area is 141 Å². The maximum Gasteiger partial charge on any atom is 0.335 e. The molecule has 2 N–H and O–H groups in total. The first kappa shape index (κ1) is 17.5. The predicted molar refractivity (Wildman–Crippen MR) is 92.5 cm³/mol. The van der Waals surface area contributed by atoms with E-state index in [1.807, 2.05) is 31.2 Å². The normalized spacial score (nSPS) is 11.6. The number of para-hydroxylation sites is 1. The molecule has 0 fully saturated rings. The van der Waals surface area contributed by atoms with Crippen LogP contribution in [0.5, 0.6) is 5.75 Å². The lowest BCUT2D eigenvalue weighted by Crippen LogP contribution is -2.16. The third-order valence-electron chi connectivity index (χ3n) is 3.69. The maximum atomic E-state index is 12.2. The number of anilines is 1. The monoisotopic (exact) mass is 327 g/mol. The van der Waals surface area contributed by atoms with Gasteiger partial charge in [0.1, 0.15) is 5.75 Å². The maximum absolute atomic E-state index is 12.2. The van der Waals surface area contributed by atoms with Crippen LogP contribution in [0.1, 0.15) is 29.3 Å². The van der Waals surface area contributed by atoms with E-state index in [0.29, 0.717) is 12.1 Å². The average Bonchev–Trinajstić information content (AvgIpc) is 2.55. The summed E-state index contributed by atoms with van der Waals surface area (Å²) >= 11 is 0. The number of amides is 1. The van der Waals surface area contributed by atoms with Gasteiger partial charge in [0, 0.05) is 12.1 Å². The molecule has 2 aromatic carbocycles. The number of methoxy groups -OCH3 is 1. The molecule has 0 aliphatic carbocycles. The van der Waals surface area contributed by atoms with Crippen LogP contribution in [0.2, 0.25) is 0 Å². The van der Waals surface area contributed by atoms with Crippen molar-refractivity contribution in [2.24, 2.45) is 5.92 Å². The number of carboxylic acid groups (broad SMARTS) is 1. The zero-order valence-corrected chi connectivity index (χ0v) is 13.8. The van der Waals surface area contributed by atoms with Crippen LogP contribution in [-0.2, 0) is 11.2 Å². The molecule has 1 unspecified atom stereocenters. The van der Waals surface area contributed by atoms with E-state index in [0.717, 1.165) is 17.7 Å². The van der Waals surface area contributed by atoms with Gasteiger partial charge in [0.2, 0.25) is 5.91 Å². The Morgan fingerprint density at radius 1 is 1.17 bits per heavy atom. The second-order valence-corrected chi connectivity index (χ2v) is 5.76. The summed E-state index contributed by atoms with van der Waals surface area (Å²) in [5, 5.41) is 11.7.